The smallest absolute Gasteiger partial charge is 0.120 e. The van der Waals surface area contributed by atoms with Crippen LogP contribution in [0.2, 0.25) is 0 Å². The van der Waals surface area contributed by atoms with Gasteiger partial charge in [0, 0.05) is 13.1 Å². The third-order valence-corrected chi connectivity index (χ3v) is 3.04. The van der Waals surface area contributed by atoms with Crippen molar-refractivity contribution in [2.45, 2.75) is 20.1 Å². The van der Waals surface area contributed by atoms with Crippen molar-refractivity contribution in [2.24, 2.45) is 0 Å². The van der Waals surface area contributed by atoms with E-state index in [1.54, 1.807) is 0 Å². The summed E-state index contributed by atoms with van der Waals surface area (Å²) >= 11 is 0. The number of benzene rings is 2. The molecule has 114 valence electrons. The fourth-order valence-corrected chi connectivity index (χ4v) is 1.91. The Morgan fingerprint density at radius 1 is 1.05 bits per heavy atom. The molecule has 3 nitrogen and oxygen atoms in total. The van der Waals surface area contributed by atoms with Crippen LogP contribution in [-0.2, 0) is 13.2 Å². The highest BCUT2D eigenvalue weighted by Crippen LogP contribution is 2.15. The topological polar surface area (TPSA) is 41.5 Å². The second kappa shape index (κ2) is 9.40. The second-order valence-corrected chi connectivity index (χ2v) is 4.82. The van der Waals surface area contributed by atoms with Crippen molar-refractivity contribution in [3.63, 3.8) is 0 Å². The lowest BCUT2D eigenvalue weighted by Gasteiger charge is -2.09. The van der Waals surface area contributed by atoms with Gasteiger partial charge >= 0.3 is 0 Å². The Kier molecular flexibility index (Phi) is 7.83. The molecule has 0 saturated heterocycles. The van der Waals surface area contributed by atoms with Crippen LogP contribution in [0.15, 0.2) is 48.5 Å². The first-order valence-corrected chi connectivity index (χ1v) is 6.87. The first-order chi connectivity index (χ1) is 9.78. The van der Waals surface area contributed by atoms with Crippen LogP contribution in [0.5, 0.6) is 5.75 Å². The molecule has 2 rings (SSSR count). The van der Waals surface area contributed by atoms with Crippen molar-refractivity contribution in [3.05, 3.63) is 65.2 Å². The Hall–Kier alpha value is -1.55. The standard InChI is InChI=1S/C17H21NO2.ClH/c1-14-5-7-15(8-6-14)13-20-17-4-2-3-16(11-17)12-18-9-10-19;/h2-8,11,18-19H,9-10,12-13H2,1H3;1H. The highest BCUT2D eigenvalue weighted by molar-refractivity contribution is 5.85. The van der Waals surface area contributed by atoms with Gasteiger partial charge in [-0.05, 0) is 30.2 Å². The molecular formula is C17H22ClNO2. The number of rotatable bonds is 7. The lowest BCUT2D eigenvalue weighted by Crippen LogP contribution is -2.17. The summed E-state index contributed by atoms with van der Waals surface area (Å²) in [4.78, 5) is 0. The third-order valence-electron chi connectivity index (χ3n) is 3.04. The monoisotopic (exact) mass is 307 g/mol. The third kappa shape index (κ3) is 6.17. The predicted molar refractivity (Wildman–Crippen MR) is 88.0 cm³/mol. The molecule has 0 saturated carbocycles. The Balaban J connectivity index is 0.00000220. The first-order valence-electron chi connectivity index (χ1n) is 6.87. The molecule has 0 atom stereocenters. The molecule has 0 spiro atoms. The zero-order chi connectivity index (χ0) is 14.2. The van der Waals surface area contributed by atoms with Crippen molar-refractivity contribution in [3.8, 4) is 5.75 Å². The Morgan fingerprint density at radius 2 is 1.81 bits per heavy atom. The molecule has 21 heavy (non-hydrogen) atoms. The fourth-order valence-electron chi connectivity index (χ4n) is 1.91. The number of halogens is 1. The van der Waals surface area contributed by atoms with Crippen molar-refractivity contribution >= 4 is 12.4 Å². The van der Waals surface area contributed by atoms with Crippen molar-refractivity contribution in [1.29, 1.82) is 0 Å². The van der Waals surface area contributed by atoms with E-state index < -0.39 is 0 Å². The molecule has 0 radical (unpaired) electrons. The zero-order valence-corrected chi connectivity index (χ0v) is 13.0. The molecule has 0 bridgehead atoms. The first kappa shape index (κ1) is 17.5. The van der Waals surface area contributed by atoms with E-state index in [0.717, 1.165) is 17.9 Å². The van der Waals surface area contributed by atoms with Gasteiger partial charge < -0.3 is 15.2 Å². The van der Waals surface area contributed by atoms with Crippen molar-refractivity contribution in [2.75, 3.05) is 13.2 Å². The van der Waals surface area contributed by atoms with Gasteiger partial charge in [-0.15, -0.1) is 12.4 Å². The van der Waals surface area contributed by atoms with Crippen LogP contribution in [0.25, 0.3) is 0 Å². The summed E-state index contributed by atoms with van der Waals surface area (Å²) in [6.07, 6.45) is 0. The van der Waals surface area contributed by atoms with Gasteiger partial charge in [0.05, 0.1) is 6.61 Å². The largest absolute Gasteiger partial charge is 0.489 e. The van der Waals surface area contributed by atoms with Gasteiger partial charge in [0.15, 0.2) is 0 Å². The van der Waals surface area contributed by atoms with Crippen LogP contribution in [0.3, 0.4) is 0 Å². The fraction of sp³-hybridized carbons (Fsp3) is 0.294. The number of ether oxygens (including phenoxy) is 1. The van der Waals surface area contributed by atoms with E-state index in [2.05, 4.69) is 36.5 Å². The zero-order valence-electron chi connectivity index (χ0n) is 12.2. The van der Waals surface area contributed by atoms with Gasteiger partial charge in [-0.3, -0.25) is 0 Å². The molecule has 0 unspecified atom stereocenters. The predicted octanol–water partition coefficient (Wildman–Crippen LogP) is 3.08. The van der Waals surface area contributed by atoms with E-state index >= 15 is 0 Å². The highest BCUT2D eigenvalue weighted by Gasteiger charge is 1.98. The summed E-state index contributed by atoms with van der Waals surface area (Å²) in [6, 6.07) is 16.4. The normalized spacial score (nSPS) is 10.0. The van der Waals surface area contributed by atoms with E-state index in [9.17, 15) is 0 Å². The van der Waals surface area contributed by atoms with Gasteiger partial charge in [-0.25, -0.2) is 0 Å². The average Bonchev–Trinajstić information content (AvgIpc) is 2.47. The number of aryl methyl sites for hydroxylation is 1. The maximum absolute atomic E-state index is 8.74. The minimum absolute atomic E-state index is 0. The van der Waals surface area contributed by atoms with Crippen LogP contribution in [0.1, 0.15) is 16.7 Å². The van der Waals surface area contributed by atoms with Gasteiger partial charge in [-0.2, -0.15) is 0 Å². The minimum atomic E-state index is 0. The van der Waals surface area contributed by atoms with Crippen molar-refractivity contribution < 1.29 is 9.84 Å². The minimum Gasteiger partial charge on any atom is -0.489 e. The van der Waals surface area contributed by atoms with Crippen molar-refractivity contribution in [1.82, 2.24) is 5.32 Å². The Bertz CT molecular complexity index is 529. The molecule has 2 N–H and O–H groups in total. The quantitative estimate of drug-likeness (QED) is 0.772. The summed E-state index contributed by atoms with van der Waals surface area (Å²) in [7, 11) is 0. The maximum atomic E-state index is 8.74. The molecule has 2 aromatic rings. The number of aliphatic hydroxyl groups is 1. The van der Waals surface area contributed by atoms with Gasteiger partial charge in [0.2, 0.25) is 0 Å². The molecule has 4 heteroatoms. The number of hydrogen-bond donors (Lipinski definition) is 2. The second-order valence-electron chi connectivity index (χ2n) is 4.82. The van der Waals surface area contributed by atoms with Crippen LogP contribution >= 0.6 is 12.4 Å². The number of hydrogen-bond acceptors (Lipinski definition) is 3. The number of nitrogens with one attached hydrogen (secondary N) is 1. The maximum Gasteiger partial charge on any atom is 0.120 e. The molecule has 2 aromatic carbocycles. The molecule has 0 heterocycles. The Morgan fingerprint density at radius 3 is 2.52 bits per heavy atom. The van der Waals surface area contributed by atoms with E-state index in [1.807, 2.05) is 24.3 Å². The van der Waals surface area contributed by atoms with Crippen LogP contribution < -0.4 is 10.1 Å². The van der Waals surface area contributed by atoms with E-state index in [4.69, 9.17) is 9.84 Å². The summed E-state index contributed by atoms with van der Waals surface area (Å²) in [5.74, 6) is 0.869. The summed E-state index contributed by atoms with van der Waals surface area (Å²) < 4.78 is 5.80. The van der Waals surface area contributed by atoms with E-state index in [0.29, 0.717) is 13.2 Å². The van der Waals surface area contributed by atoms with E-state index in [1.165, 1.54) is 11.1 Å². The molecule has 0 aromatic heterocycles. The van der Waals surface area contributed by atoms with Gasteiger partial charge in [0.1, 0.15) is 12.4 Å². The SMILES string of the molecule is Cc1ccc(COc2cccc(CNCCO)c2)cc1.Cl. The number of aliphatic hydroxyl groups excluding tert-OH is 1. The highest BCUT2D eigenvalue weighted by atomic mass is 35.5. The molecule has 0 amide bonds. The van der Waals surface area contributed by atoms with Crippen LogP contribution in [0.4, 0.5) is 0 Å². The summed E-state index contributed by atoms with van der Waals surface area (Å²) in [5.41, 5.74) is 3.57. The molecular weight excluding hydrogens is 286 g/mol. The van der Waals surface area contributed by atoms with Crippen LogP contribution in [-0.4, -0.2) is 18.3 Å². The lowest BCUT2D eigenvalue weighted by atomic mass is 10.2. The lowest BCUT2D eigenvalue weighted by molar-refractivity contribution is 0.291. The molecule has 0 fully saturated rings. The molecule has 0 aliphatic heterocycles. The van der Waals surface area contributed by atoms with Crippen LogP contribution in [0, 0.1) is 6.92 Å². The Labute approximate surface area is 132 Å². The van der Waals surface area contributed by atoms with Gasteiger partial charge in [0.25, 0.3) is 0 Å². The average molecular weight is 308 g/mol. The molecule has 0 aliphatic carbocycles. The summed E-state index contributed by atoms with van der Waals surface area (Å²) in [5, 5.41) is 11.9. The van der Waals surface area contributed by atoms with E-state index in [-0.39, 0.29) is 19.0 Å². The summed E-state index contributed by atoms with van der Waals surface area (Å²) in [6.45, 7) is 4.15. The van der Waals surface area contributed by atoms with Gasteiger partial charge in [-0.1, -0.05) is 42.0 Å². The molecule has 0 aliphatic rings.